The van der Waals surface area contributed by atoms with E-state index in [1.807, 2.05) is 13.0 Å². The summed E-state index contributed by atoms with van der Waals surface area (Å²) in [4.78, 5) is 9.76. The summed E-state index contributed by atoms with van der Waals surface area (Å²) < 4.78 is 5.12. The molecule has 0 saturated heterocycles. The van der Waals surface area contributed by atoms with Gasteiger partial charge in [0, 0.05) is 10.9 Å². The van der Waals surface area contributed by atoms with E-state index in [0.717, 1.165) is 5.82 Å². The fourth-order valence-electron chi connectivity index (χ4n) is 1.55. The van der Waals surface area contributed by atoms with Gasteiger partial charge in [0.1, 0.15) is 11.6 Å². The fraction of sp³-hybridized carbons (Fsp3) is 0.333. The number of nitrogens with one attached hydrogen (secondary N) is 1. The van der Waals surface area contributed by atoms with Crippen LogP contribution >= 0.6 is 11.3 Å². The molecule has 0 aliphatic heterocycles. The molecule has 90 valence electrons. The average Bonchev–Trinajstić information content (AvgIpc) is 2.81. The Labute approximate surface area is 105 Å². The molecular weight excluding hydrogens is 234 g/mol. The molecule has 0 saturated carbocycles. The second kappa shape index (κ2) is 5.14. The standard InChI is InChI=1S/C12H15N3OS/c1-8(10-5-4-6-17-10)13-11-7-12(16-3)15-9(2)14-11/h4-8H,1-3H3,(H,13,14,15). The molecular formula is C12H15N3OS. The number of thiophene rings is 1. The lowest BCUT2D eigenvalue weighted by Crippen LogP contribution is -2.08. The summed E-state index contributed by atoms with van der Waals surface area (Å²) in [6.45, 7) is 3.96. The minimum absolute atomic E-state index is 0.231. The predicted molar refractivity (Wildman–Crippen MR) is 69.7 cm³/mol. The first-order valence-electron chi connectivity index (χ1n) is 5.38. The third-order valence-electron chi connectivity index (χ3n) is 2.36. The van der Waals surface area contributed by atoms with E-state index in [-0.39, 0.29) is 6.04 Å². The zero-order valence-electron chi connectivity index (χ0n) is 10.1. The zero-order valence-corrected chi connectivity index (χ0v) is 10.9. The van der Waals surface area contributed by atoms with Gasteiger partial charge in [-0.1, -0.05) is 6.07 Å². The fourth-order valence-corrected chi connectivity index (χ4v) is 2.28. The third kappa shape index (κ3) is 2.94. The van der Waals surface area contributed by atoms with Gasteiger partial charge in [0.15, 0.2) is 0 Å². The van der Waals surface area contributed by atoms with Crippen LogP contribution in [0.3, 0.4) is 0 Å². The van der Waals surface area contributed by atoms with Crippen molar-refractivity contribution in [2.75, 3.05) is 12.4 Å². The van der Waals surface area contributed by atoms with E-state index in [2.05, 4.69) is 33.7 Å². The summed E-state index contributed by atoms with van der Waals surface area (Å²) in [6, 6.07) is 6.18. The van der Waals surface area contributed by atoms with Crippen LogP contribution in [0.25, 0.3) is 0 Å². The van der Waals surface area contributed by atoms with Crippen molar-refractivity contribution in [3.63, 3.8) is 0 Å². The summed E-state index contributed by atoms with van der Waals surface area (Å²) in [5.74, 6) is 2.07. The maximum absolute atomic E-state index is 5.12. The van der Waals surface area contributed by atoms with Gasteiger partial charge in [0.2, 0.25) is 5.88 Å². The molecule has 0 spiro atoms. The lowest BCUT2D eigenvalue weighted by Gasteiger charge is -2.13. The monoisotopic (exact) mass is 249 g/mol. The van der Waals surface area contributed by atoms with Gasteiger partial charge < -0.3 is 10.1 Å². The maximum Gasteiger partial charge on any atom is 0.218 e. The first-order chi connectivity index (χ1) is 8.19. The van der Waals surface area contributed by atoms with Crippen LogP contribution in [0.15, 0.2) is 23.6 Å². The number of anilines is 1. The summed E-state index contributed by atoms with van der Waals surface area (Å²) in [7, 11) is 1.61. The second-order valence-electron chi connectivity index (χ2n) is 3.72. The van der Waals surface area contributed by atoms with E-state index in [0.29, 0.717) is 11.7 Å². The number of hydrogen-bond acceptors (Lipinski definition) is 5. The highest BCUT2D eigenvalue weighted by atomic mass is 32.1. The van der Waals surface area contributed by atoms with E-state index in [4.69, 9.17) is 4.74 Å². The molecule has 0 aliphatic carbocycles. The van der Waals surface area contributed by atoms with Crippen molar-refractivity contribution < 1.29 is 4.74 Å². The summed E-state index contributed by atoms with van der Waals surface area (Å²) in [6.07, 6.45) is 0. The third-order valence-corrected chi connectivity index (χ3v) is 3.41. The van der Waals surface area contributed by atoms with Crippen LogP contribution in [0.4, 0.5) is 5.82 Å². The number of nitrogens with zero attached hydrogens (tertiary/aromatic N) is 2. The summed E-state index contributed by atoms with van der Waals surface area (Å²) in [5.41, 5.74) is 0. The van der Waals surface area contributed by atoms with Crippen molar-refractivity contribution in [3.8, 4) is 5.88 Å². The second-order valence-corrected chi connectivity index (χ2v) is 4.70. The number of methoxy groups -OCH3 is 1. The van der Waals surface area contributed by atoms with Gasteiger partial charge in [-0.25, -0.2) is 4.98 Å². The highest BCUT2D eigenvalue weighted by Crippen LogP contribution is 2.23. The average molecular weight is 249 g/mol. The summed E-state index contributed by atoms with van der Waals surface area (Å²) in [5, 5.41) is 5.41. The Hall–Kier alpha value is -1.62. The van der Waals surface area contributed by atoms with E-state index < -0.39 is 0 Å². The SMILES string of the molecule is COc1cc(NC(C)c2cccs2)nc(C)n1. The van der Waals surface area contributed by atoms with Crippen molar-refractivity contribution in [2.45, 2.75) is 19.9 Å². The molecule has 0 radical (unpaired) electrons. The quantitative estimate of drug-likeness (QED) is 0.904. The number of aryl methyl sites for hydroxylation is 1. The normalized spacial score (nSPS) is 12.2. The van der Waals surface area contributed by atoms with Crippen molar-refractivity contribution >= 4 is 17.2 Å². The molecule has 0 amide bonds. The molecule has 2 rings (SSSR count). The zero-order chi connectivity index (χ0) is 12.3. The Morgan fingerprint density at radius 3 is 2.88 bits per heavy atom. The molecule has 2 aromatic heterocycles. The van der Waals surface area contributed by atoms with Crippen molar-refractivity contribution in [2.24, 2.45) is 0 Å². The van der Waals surface area contributed by atoms with E-state index in [1.165, 1.54) is 4.88 Å². The van der Waals surface area contributed by atoms with Crippen LogP contribution in [0.1, 0.15) is 23.7 Å². The largest absolute Gasteiger partial charge is 0.481 e. The Morgan fingerprint density at radius 2 is 2.24 bits per heavy atom. The van der Waals surface area contributed by atoms with Crippen molar-refractivity contribution in [3.05, 3.63) is 34.3 Å². The molecule has 0 fully saturated rings. The Morgan fingerprint density at radius 1 is 1.41 bits per heavy atom. The molecule has 1 unspecified atom stereocenters. The number of aromatic nitrogens is 2. The lowest BCUT2D eigenvalue weighted by atomic mass is 10.3. The molecule has 2 heterocycles. The van der Waals surface area contributed by atoms with Crippen LogP contribution in [-0.2, 0) is 0 Å². The van der Waals surface area contributed by atoms with Gasteiger partial charge in [-0.05, 0) is 25.3 Å². The number of hydrogen-bond donors (Lipinski definition) is 1. The predicted octanol–water partition coefficient (Wildman–Crippen LogP) is 3.03. The van der Waals surface area contributed by atoms with Crippen LogP contribution in [0.5, 0.6) is 5.88 Å². The van der Waals surface area contributed by atoms with Crippen LogP contribution in [0, 0.1) is 6.92 Å². The van der Waals surface area contributed by atoms with Gasteiger partial charge in [-0.3, -0.25) is 0 Å². The highest BCUT2D eigenvalue weighted by Gasteiger charge is 2.08. The molecule has 0 aliphatic rings. The van der Waals surface area contributed by atoms with Gasteiger partial charge in [0.05, 0.1) is 13.2 Å². The topological polar surface area (TPSA) is 47.0 Å². The first kappa shape index (κ1) is 11.9. The molecule has 4 nitrogen and oxygen atoms in total. The minimum Gasteiger partial charge on any atom is -0.481 e. The smallest absolute Gasteiger partial charge is 0.218 e. The number of ether oxygens (including phenoxy) is 1. The molecule has 2 aromatic rings. The Bertz CT molecular complexity index is 485. The molecule has 0 aromatic carbocycles. The van der Waals surface area contributed by atoms with Crippen LogP contribution in [0.2, 0.25) is 0 Å². The van der Waals surface area contributed by atoms with Gasteiger partial charge in [0.25, 0.3) is 0 Å². The highest BCUT2D eigenvalue weighted by molar-refractivity contribution is 7.10. The van der Waals surface area contributed by atoms with E-state index in [1.54, 1.807) is 24.5 Å². The molecule has 1 N–H and O–H groups in total. The van der Waals surface area contributed by atoms with E-state index >= 15 is 0 Å². The van der Waals surface area contributed by atoms with Crippen LogP contribution in [-0.4, -0.2) is 17.1 Å². The first-order valence-corrected chi connectivity index (χ1v) is 6.26. The molecule has 1 atom stereocenters. The van der Waals surface area contributed by atoms with E-state index in [9.17, 15) is 0 Å². The number of rotatable bonds is 4. The van der Waals surface area contributed by atoms with Crippen molar-refractivity contribution in [1.29, 1.82) is 0 Å². The summed E-state index contributed by atoms with van der Waals surface area (Å²) >= 11 is 1.73. The lowest BCUT2D eigenvalue weighted by molar-refractivity contribution is 0.396. The van der Waals surface area contributed by atoms with Crippen LogP contribution < -0.4 is 10.1 Å². The van der Waals surface area contributed by atoms with Crippen molar-refractivity contribution in [1.82, 2.24) is 9.97 Å². The Kier molecular flexibility index (Phi) is 3.58. The minimum atomic E-state index is 0.231. The van der Waals surface area contributed by atoms with Gasteiger partial charge >= 0.3 is 0 Å². The maximum atomic E-state index is 5.12. The van der Waals surface area contributed by atoms with Gasteiger partial charge in [-0.15, -0.1) is 11.3 Å². The van der Waals surface area contributed by atoms with Gasteiger partial charge in [-0.2, -0.15) is 4.98 Å². The molecule has 5 heteroatoms. The molecule has 17 heavy (non-hydrogen) atoms. The molecule has 0 bridgehead atoms. The Balaban J connectivity index is 2.15.